The molecule has 12 nitrogen and oxygen atoms in total. The molecule has 2 saturated carbocycles. The van der Waals surface area contributed by atoms with Crippen molar-refractivity contribution >= 4 is 35.3 Å². The van der Waals surface area contributed by atoms with Crippen molar-refractivity contribution in [1.29, 1.82) is 0 Å². The number of carbonyl (C=O) groups is 6. The Morgan fingerprint density at radius 2 is 1.06 bits per heavy atom. The number of Topliss-reactive ketones (excluding diaryl/α,β-unsaturated/α-hetero) is 1. The van der Waals surface area contributed by atoms with Crippen molar-refractivity contribution < 1.29 is 28.8 Å². The zero-order valence-corrected chi connectivity index (χ0v) is 43.0. The van der Waals surface area contributed by atoms with Gasteiger partial charge in [0.05, 0.1) is 6.04 Å². The van der Waals surface area contributed by atoms with Crippen LogP contribution in [0.1, 0.15) is 117 Å². The molecule has 2 aliphatic carbocycles. The first-order chi connectivity index (χ1) is 34.9. The zero-order valence-electron chi connectivity index (χ0n) is 43.0. The number of benzene rings is 4. The summed E-state index contributed by atoms with van der Waals surface area (Å²) >= 11 is 0. The lowest BCUT2D eigenvalue weighted by atomic mass is 9.93. The molecule has 0 spiro atoms. The van der Waals surface area contributed by atoms with Crippen molar-refractivity contribution in [3.05, 3.63) is 131 Å². The zero-order chi connectivity index (χ0) is 50.7. The maximum absolute atomic E-state index is 14.5. The van der Waals surface area contributed by atoms with Crippen molar-refractivity contribution in [2.45, 2.75) is 122 Å². The Balaban J connectivity index is 0.954. The van der Waals surface area contributed by atoms with E-state index in [1.165, 1.54) is 0 Å². The van der Waals surface area contributed by atoms with Gasteiger partial charge in [-0.05, 0) is 143 Å². The van der Waals surface area contributed by atoms with Crippen molar-refractivity contribution in [3.63, 3.8) is 0 Å². The van der Waals surface area contributed by atoms with E-state index in [0.717, 1.165) is 73.6 Å². The summed E-state index contributed by atoms with van der Waals surface area (Å²) in [6.45, 7) is 8.78. The van der Waals surface area contributed by atoms with Crippen LogP contribution in [-0.2, 0) is 32.0 Å². The Morgan fingerprint density at radius 1 is 0.597 bits per heavy atom. The van der Waals surface area contributed by atoms with Gasteiger partial charge in [-0.1, -0.05) is 98.8 Å². The largest absolute Gasteiger partial charge is 0.344 e. The lowest BCUT2D eigenvalue weighted by molar-refractivity contribution is -0.140. The number of hydrogen-bond donors (Lipinski definition) is 2. The first-order valence-electron chi connectivity index (χ1n) is 26.9. The fourth-order valence-corrected chi connectivity index (χ4v) is 10.7. The third-order valence-electron chi connectivity index (χ3n) is 15.9. The molecule has 382 valence electrons. The minimum Gasteiger partial charge on any atom is -0.344 e. The molecule has 4 fully saturated rings. The van der Waals surface area contributed by atoms with Crippen LogP contribution in [-0.4, -0.2) is 125 Å². The molecule has 5 amide bonds. The predicted molar refractivity (Wildman–Crippen MR) is 282 cm³/mol. The molecular weight excluding hydrogens is 901 g/mol. The van der Waals surface area contributed by atoms with E-state index in [1.807, 2.05) is 125 Å². The van der Waals surface area contributed by atoms with E-state index in [4.69, 9.17) is 0 Å². The monoisotopic (exact) mass is 977 g/mol. The molecule has 0 unspecified atom stereocenters. The number of hydrogen-bond acceptors (Lipinski definition) is 7. The third kappa shape index (κ3) is 13.3. The normalized spacial score (nSPS) is 19.3. The lowest BCUT2D eigenvalue weighted by Gasteiger charge is -2.33. The topological polar surface area (TPSA) is 139 Å². The minimum absolute atomic E-state index is 0.0287. The van der Waals surface area contributed by atoms with E-state index in [0.29, 0.717) is 69.7 Å². The molecule has 2 saturated heterocycles. The summed E-state index contributed by atoms with van der Waals surface area (Å²) in [6, 6.07) is 34.4. The van der Waals surface area contributed by atoms with E-state index in [1.54, 1.807) is 7.05 Å². The van der Waals surface area contributed by atoms with Gasteiger partial charge in [0.1, 0.15) is 11.8 Å². The molecule has 4 aromatic rings. The molecule has 2 N–H and O–H groups in total. The van der Waals surface area contributed by atoms with Gasteiger partial charge in [0.15, 0.2) is 0 Å². The highest BCUT2D eigenvalue weighted by Gasteiger charge is 2.44. The lowest BCUT2D eigenvalue weighted by Crippen LogP contribution is -2.54. The first-order valence-corrected chi connectivity index (χ1v) is 26.9. The maximum atomic E-state index is 14.5. The number of carbonyl (C=O) groups excluding carboxylic acids is 6. The van der Waals surface area contributed by atoms with Crippen molar-refractivity contribution in [2.24, 2.45) is 23.7 Å². The van der Waals surface area contributed by atoms with Gasteiger partial charge in [-0.3, -0.25) is 28.8 Å². The van der Waals surface area contributed by atoms with E-state index in [2.05, 4.69) is 34.9 Å². The van der Waals surface area contributed by atoms with Crippen LogP contribution in [0.2, 0.25) is 0 Å². The highest BCUT2D eigenvalue weighted by atomic mass is 16.2. The van der Waals surface area contributed by atoms with E-state index in [-0.39, 0.29) is 83.5 Å². The number of ketones is 1. The molecule has 72 heavy (non-hydrogen) atoms. The van der Waals surface area contributed by atoms with E-state index < -0.39 is 6.04 Å². The van der Waals surface area contributed by atoms with Gasteiger partial charge in [-0.25, -0.2) is 0 Å². The highest BCUT2D eigenvalue weighted by Crippen LogP contribution is 2.41. The fraction of sp³-hybridized carbons (Fsp3) is 0.500. The molecule has 0 radical (unpaired) electrons. The number of nitrogens with zero attached hydrogens (tertiary/aromatic N) is 4. The standard InChI is InChI=1S/C60H76N6O6/c1-5-41(2)56(68)62-55(48-26-27-48)60(72)66-35-13-19-52(66)40-64(37-33-44-16-10-7-11-17-44)58(70)50-30-22-46(23-31-50)45-20-28-49(29-21-45)57(69)63(36-32-43-14-8-6-9-15-43)39-51-18-12-34-65(51)59(71)53(47-24-25-47)38-54(67)42(3)61-4/h6-11,14-17,20-23,28-31,41-42,47-48,51-53,55,61H,5,12-13,18-19,24-27,32-40H2,1-4H3,(H,62,68)/t41-,42+,51+,52+,53+,55+/m1/s1. The average molecular weight is 977 g/mol. The van der Waals surface area contributed by atoms with Crippen molar-refractivity contribution in [3.8, 4) is 11.1 Å². The van der Waals surface area contributed by atoms with Crippen molar-refractivity contribution in [2.75, 3.05) is 46.3 Å². The van der Waals surface area contributed by atoms with Crippen LogP contribution in [0.5, 0.6) is 0 Å². The molecule has 8 rings (SSSR count). The Hall–Kier alpha value is -6.14. The Kier molecular flexibility index (Phi) is 17.8. The Bertz CT molecular complexity index is 2300. The molecule has 0 aromatic heterocycles. The van der Waals surface area contributed by atoms with Gasteiger partial charge in [0.25, 0.3) is 11.8 Å². The van der Waals surface area contributed by atoms with Gasteiger partial charge in [0.2, 0.25) is 17.7 Å². The van der Waals surface area contributed by atoms with Crippen LogP contribution in [0.25, 0.3) is 11.1 Å². The summed E-state index contributed by atoms with van der Waals surface area (Å²) in [5.41, 5.74) is 5.20. The fourth-order valence-electron chi connectivity index (χ4n) is 10.7. The minimum atomic E-state index is -0.527. The number of amides is 5. The number of nitrogens with one attached hydrogen (secondary N) is 2. The van der Waals surface area contributed by atoms with Gasteiger partial charge < -0.3 is 30.2 Å². The quantitative estimate of drug-likeness (QED) is 0.0722. The summed E-state index contributed by atoms with van der Waals surface area (Å²) < 4.78 is 0. The van der Waals surface area contributed by atoms with Crippen LogP contribution in [0.4, 0.5) is 0 Å². The van der Waals surface area contributed by atoms with Crippen LogP contribution in [0.3, 0.4) is 0 Å². The van der Waals surface area contributed by atoms with Crippen LogP contribution >= 0.6 is 0 Å². The molecule has 12 heteroatoms. The summed E-state index contributed by atoms with van der Waals surface area (Å²) in [7, 11) is 1.77. The maximum Gasteiger partial charge on any atom is 0.253 e. The Morgan fingerprint density at radius 3 is 1.49 bits per heavy atom. The molecule has 2 heterocycles. The number of rotatable bonds is 24. The summed E-state index contributed by atoms with van der Waals surface area (Å²) in [5, 5.41) is 6.14. The number of likely N-dealkylation sites (N-methyl/N-ethyl adjacent to an activating group) is 1. The van der Waals surface area contributed by atoms with Crippen LogP contribution in [0.15, 0.2) is 109 Å². The molecule has 0 bridgehead atoms. The molecular formula is C60H76N6O6. The summed E-state index contributed by atoms with van der Waals surface area (Å²) in [5.74, 6) is -0.257. The second kappa shape index (κ2) is 24.5. The second-order valence-electron chi connectivity index (χ2n) is 21.0. The smallest absolute Gasteiger partial charge is 0.253 e. The van der Waals surface area contributed by atoms with Gasteiger partial charge in [0, 0.05) is 80.7 Å². The van der Waals surface area contributed by atoms with E-state index in [9.17, 15) is 28.8 Å². The first kappa shape index (κ1) is 52.2. The van der Waals surface area contributed by atoms with Crippen LogP contribution in [0, 0.1) is 23.7 Å². The van der Waals surface area contributed by atoms with Gasteiger partial charge in [-0.15, -0.1) is 0 Å². The summed E-state index contributed by atoms with van der Waals surface area (Å²) in [4.78, 5) is 91.2. The molecule has 4 aliphatic rings. The van der Waals surface area contributed by atoms with Crippen molar-refractivity contribution in [1.82, 2.24) is 30.2 Å². The van der Waals surface area contributed by atoms with Crippen LogP contribution < -0.4 is 10.6 Å². The molecule has 2 aliphatic heterocycles. The Labute approximate surface area is 427 Å². The second-order valence-corrected chi connectivity index (χ2v) is 21.0. The molecule has 6 atom stereocenters. The molecule has 4 aromatic carbocycles. The van der Waals surface area contributed by atoms with Gasteiger partial charge >= 0.3 is 0 Å². The van der Waals surface area contributed by atoms with E-state index >= 15 is 0 Å². The third-order valence-corrected chi connectivity index (χ3v) is 15.9. The average Bonchev–Trinajstić information content (AvgIpc) is 4.36. The van der Waals surface area contributed by atoms with Gasteiger partial charge in [-0.2, -0.15) is 0 Å². The SMILES string of the molecule is CC[C@@H](C)C(=O)N[C@H](C(=O)N1CCC[C@H]1CN(CCc1ccccc1)C(=O)c1ccc(-c2ccc(C(=O)N(CCc3ccccc3)C[C@@H]3CCCN3C(=O)[C@@H](CC(=O)[C@H](C)NC)C3CC3)cc2)cc1)C1CC1. The summed E-state index contributed by atoms with van der Waals surface area (Å²) in [6.07, 6.45) is 9.41. The predicted octanol–water partition coefficient (Wildman–Crippen LogP) is 8.24. The number of likely N-dealkylation sites (tertiary alicyclic amines) is 2. The highest BCUT2D eigenvalue weighted by molar-refractivity contribution is 5.96.